The van der Waals surface area contributed by atoms with Gasteiger partial charge in [0.2, 0.25) is 0 Å². The summed E-state index contributed by atoms with van der Waals surface area (Å²) in [4.78, 5) is 28.4. The SMILES string of the molecule is O=[N+]([O-])OC1CCN([O-])CC1O[N+](=O)[O-]. The third-order valence-corrected chi connectivity index (χ3v) is 1.90. The van der Waals surface area contributed by atoms with Gasteiger partial charge in [0.15, 0.2) is 0 Å². The Morgan fingerprint density at radius 1 is 1.13 bits per heavy atom. The summed E-state index contributed by atoms with van der Waals surface area (Å²) in [6, 6.07) is 0. The molecule has 86 valence electrons. The summed E-state index contributed by atoms with van der Waals surface area (Å²) < 4.78 is 0. The van der Waals surface area contributed by atoms with Gasteiger partial charge in [0.05, 0.1) is 0 Å². The third kappa shape index (κ3) is 3.52. The number of rotatable bonds is 4. The number of hydrogen-bond acceptors (Lipinski definition) is 8. The lowest BCUT2D eigenvalue weighted by atomic mass is 10.1. The highest BCUT2D eigenvalue weighted by molar-refractivity contribution is 4.80. The first-order valence-electron chi connectivity index (χ1n) is 4.03. The molecule has 1 saturated heterocycles. The normalized spacial score (nSPS) is 27.0. The van der Waals surface area contributed by atoms with Crippen molar-refractivity contribution in [2.75, 3.05) is 13.1 Å². The zero-order chi connectivity index (χ0) is 11.4. The van der Waals surface area contributed by atoms with Crippen LogP contribution in [0.15, 0.2) is 0 Å². The minimum atomic E-state index is -1.23. The van der Waals surface area contributed by atoms with Gasteiger partial charge in [-0.2, -0.15) is 0 Å². The van der Waals surface area contributed by atoms with E-state index in [2.05, 4.69) is 9.68 Å². The Hall–Kier alpha value is -1.68. The number of nitrogens with zero attached hydrogens (tertiary/aromatic N) is 3. The van der Waals surface area contributed by atoms with E-state index in [1.807, 2.05) is 0 Å². The molecule has 15 heavy (non-hydrogen) atoms. The standard InChI is InChI=1S/C5H8N3O7/c9-6-2-1-4(14-7(10)11)5(3-6)15-8(12)13/h4-5H,1-3H2/q-1. The fraction of sp³-hybridized carbons (Fsp3) is 1.00. The Kier molecular flexibility index (Phi) is 3.57. The lowest BCUT2D eigenvalue weighted by Crippen LogP contribution is -2.48. The number of hydrogen-bond donors (Lipinski definition) is 0. The van der Waals surface area contributed by atoms with E-state index in [9.17, 15) is 25.4 Å². The molecule has 10 nitrogen and oxygen atoms in total. The molecule has 0 radical (unpaired) electrons. The van der Waals surface area contributed by atoms with Crippen LogP contribution in [0.25, 0.3) is 0 Å². The fourth-order valence-corrected chi connectivity index (χ4v) is 1.31. The first kappa shape index (κ1) is 11.4. The van der Waals surface area contributed by atoms with Crippen LogP contribution in [0.4, 0.5) is 0 Å². The van der Waals surface area contributed by atoms with E-state index in [1.165, 1.54) is 0 Å². The van der Waals surface area contributed by atoms with E-state index in [0.29, 0.717) is 5.06 Å². The fourth-order valence-electron chi connectivity index (χ4n) is 1.31. The van der Waals surface area contributed by atoms with Crippen molar-refractivity contribution < 1.29 is 19.8 Å². The molecule has 0 amide bonds. The summed E-state index contributed by atoms with van der Waals surface area (Å²) in [5.74, 6) is 0. The number of piperidine rings is 1. The van der Waals surface area contributed by atoms with E-state index in [-0.39, 0.29) is 19.5 Å². The predicted octanol–water partition coefficient (Wildman–Crippen LogP) is -0.656. The second-order valence-corrected chi connectivity index (χ2v) is 2.91. The van der Waals surface area contributed by atoms with Crippen LogP contribution in [0, 0.1) is 25.4 Å². The molecule has 2 atom stereocenters. The molecule has 1 rings (SSSR count). The molecule has 0 aromatic carbocycles. The van der Waals surface area contributed by atoms with Crippen LogP contribution in [-0.4, -0.2) is 40.5 Å². The van der Waals surface area contributed by atoms with E-state index in [0.717, 1.165) is 0 Å². The van der Waals surface area contributed by atoms with Crippen molar-refractivity contribution in [3.63, 3.8) is 0 Å². The molecule has 0 spiro atoms. The molecule has 0 N–H and O–H groups in total. The van der Waals surface area contributed by atoms with Gasteiger partial charge >= 0.3 is 0 Å². The predicted molar refractivity (Wildman–Crippen MR) is 43.3 cm³/mol. The lowest BCUT2D eigenvalue weighted by Gasteiger charge is -2.39. The highest BCUT2D eigenvalue weighted by atomic mass is 17.0. The first-order valence-corrected chi connectivity index (χ1v) is 4.03. The van der Waals surface area contributed by atoms with Gasteiger partial charge in [-0.3, -0.25) is 0 Å². The quantitative estimate of drug-likeness (QED) is 0.452. The molecule has 1 aliphatic heterocycles. The summed E-state index contributed by atoms with van der Waals surface area (Å²) in [5, 5.41) is 29.3. The van der Waals surface area contributed by atoms with Crippen LogP contribution in [-0.2, 0) is 9.68 Å². The van der Waals surface area contributed by atoms with Crippen LogP contribution < -0.4 is 0 Å². The van der Waals surface area contributed by atoms with Crippen molar-refractivity contribution in [1.29, 1.82) is 0 Å². The molecular formula is C5H8N3O7-. The smallest absolute Gasteiger partial charge is 0.294 e. The van der Waals surface area contributed by atoms with Crippen LogP contribution in [0.5, 0.6) is 0 Å². The van der Waals surface area contributed by atoms with Gasteiger partial charge in [-0.1, -0.05) is 0 Å². The molecule has 0 aromatic rings. The summed E-state index contributed by atoms with van der Waals surface area (Å²) in [7, 11) is 0. The molecule has 1 heterocycles. The second kappa shape index (κ2) is 4.70. The first-order chi connectivity index (χ1) is 6.99. The zero-order valence-electron chi connectivity index (χ0n) is 7.48. The van der Waals surface area contributed by atoms with Gasteiger partial charge in [0.1, 0.15) is 12.2 Å². The van der Waals surface area contributed by atoms with Crippen molar-refractivity contribution in [1.82, 2.24) is 5.06 Å². The summed E-state index contributed by atoms with van der Waals surface area (Å²) in [6.45, 7) is -0.296. The minimum absolute atomic E-state index is 0.0169. The van der Waals surface area contributed by atoms with Crippen molar-refractivity contribution in [2.24, 2.45) is 0 Å². The van der Waals surface area contributed by atoms with Crippen molar-refractivity contribution in [2.45, 2.75) is 18.6 Å². The van der Waals surface area contributed by atoms with E-state index < -0.39 is 22.4 Å². The molecule has 0 bridgehead atoms. The van der Waals surface area contributed by atoms with Gasteiger partial charge in [0, 0.05) is 6.54 Å². The van der Waals surface area contributed by atoms with Crippen molar-refractivity contribution in [3.05, 3.63) is 25.4 Å². The Balaban J connectivity index is 2.57. The molecule has 0 aliphatic carbocycles. The maximum Gasteiger partial charge on any atom is 0.294 e. The summed E-state index contributed by atoms with van der Waals surface area (Å²) in [5.41, 5.74) is 0. The van der Waals surface area contributed by atoms with Gasteiger partial charge in [-0.15, -0.1) is 20.2 Å². The molecule has 0 aromatic heterocycles. The van der Waals surface area contributed by atoms with Crippen LogP contribution in [0.2, 0.25) is 0 Å². The highest BCUT2D eigenvalue weighted by Crippen LogP contribution is 2.16. The average molecular weight is 222 g/mol. The van der Waals surface area contributed by atoms with E-state index in [4.69, 9.17) is 0 Å². The van der Waals surface area contributed by atoms with Crippen LogP contribution >= 0.6 is 0 Å². The minimum Gasteiger partial charge on any atom is -0.785 e. The van der Waals surface area contributed by atoms with E-state index in [1.54, 1.807) is 0 Å². The van der Waals surface area contributed by atoms with Gasteiger partial charge in [-0.25, -0.2) is 0 Å². The van der Waals surface area contributed by atoms with Gasteiger partial charge in [-0.05, 0) is 13.0 Å². The number of hydroxylamine groups is 2. The van der Waals surface area contributed by atoms with Crippen LogP contribution in [0.3, 0.4) is 0 Å². The Morgan fingerprint density at radius 3 is 2.20 bits per heavy atom. The molecule has 1 fully saturated rings. The largest absolute Gasteiger partial charge is 0.785 e. The molecular weight excluding hydrogens is 214 g/mol. The molecule has 1 aliphatic rings. The van der Waals surface area contributed by atoms with Crippen LogP contribution in [0.1, 0.15) is 6.42 Å². The topological polar surface area (TPSA) is 131 Å². The molecule has 10 heteroatoms. The summed E-state index contributed by atoms with van der Waals surface area (Å²) in [6.07, 6.45) is -2.28. The maximum absolute atomic E-state index is 10.9. The molecule has 2 unspecified atom stereocenters. The Morgan fingerprint density at radius 2 is 1.67 bits per heavy atom. The summed E-state index contributed by atoms with van der Waals surface area (Å²) >= 11 is 0. The monoisotopic (exact) mass is 222 g/mol. The average Bonchev–Trinajstić information content (AvgIpc) is 2.08. The van der Waals surface area contributed by atoms with Gasteiger partial charge < -0.3 is 19.9 Å². The lowest BCUT2D eigenvalue weighted by molar-refractivity contribution is -0.799. The third-order valence-electron chi connectivity index (χ3n) is 1.90. The van der Waals surface area contributed by atoms with E-state index >= 15 is 0 Å². The molecule has 0 saturated carbocycles. The van der Waals surface area contributed by atoms with Crippen molar-refractivity contribution >= 4 is 0 Å². The Bertz CT molecular complexity index is 259. The zero-order valence-corrected chi connectivity index (χ0v) is 7.48. The van der Waals surface area contributed by atoms with Gasteiger partial charge in [0.25, 0.3) is 10.2 Å². The maximum atomic E-state index is 10.9. The highest BCUT2D eigenvalue weighted by Gasteiger charge is 2.32. The second-order valence-electron chi connectivity index (χ2n) is 2.91. The Labute approximate surface area is 83.1 Å². The van der Waals surface area contributed by atoms with Crippen molar-refractivity contribution in [3.8, 4) is 0 Å².